The summed E-state index contributed by atoms with van der Waals surface area (Å²) in [6.07, 6.45) is 0. The van der Waals surface area contributed by atoms with Crippen LogP contribution >= 0.6 is 0 Å². The molecular formula is C24H21NO3S. The first-order valence-electron chi connectivity index (χ1n) is 9.10. The van der Waals surface area contributed by atoms with E-state index in [-0.39, 0.29) is 4.90 Å². The lowest BCUT2D eigenvalue weighted by molar-refractivity contribution is -0.113. The monoisotopic (exact) mass is 403 g/mol. The number of sulfone groups is 1. The molecular weight excluding hydrogens is 382 g/mol. The van der Waals surface area contributed by atoms with E-state index in [9.17, 15) is 13.2 Å². The highest BCUT2D eigenvalue weighted by Gasteiger charge is 2.32. The third-order valence-electron chi connectivity index (χ3n) is 4.11. The number of carbonyl (C=O) groups is 1. The molecule has 1 amide bonds. The number of carbonyl (C=O) groups excluding carboxylic acids is 1. The summed E-state index contributed by atoms with van der Waals surface area (Å²) in [5.74, 6) is -0.660. The van der Waals surface area contributed by atoms with Crippen LogP contribution in [0.4, 0.5) is 11.4 Å². The molecule has 0 N–H and O–H groups in total. The first-order chi connectivity index (χ1) is 13.9. The fourth-order valence-electron chi connectivity index (χ4n) is 2.82. The molecule has 3 aromatic rings. The van der Waals surface area contributed by atoms with Crippen molar-refractivity contribution in [2.45, 2.75) is 18.7 Å². The summed E-state index contributed by atoms with van der Waals surface area (Å²) in [4.78, 5) is 14.7. The second-order valence-corrected chi connectivity index (χ2v) is 8.47. The molecule has 5 heteroatoms. The van der Waals surface area contributed by atoms with Crippen LogP contribution in [0.5, 0.6) is 0 Å². The van der Waals surface area contributed by atoms with Gasteiger partial charge in [-0.3, -0.25) is 9.69 Å². The Morgan fingerprint density at radius 3 is 1.55 bits per heavy atom. The molecule has 0 spiro atoms. The lowest BCUT2D eigenvalue weighted by Crippen LogP contribution is -2.30. The maximum Gasteiger partial charge on any atom is 0.282 e. The van der Waals surface area contributed by atoms with Crippen LogP contribution in [0.2, 0.25) is 0 Å². The van der Waals surface area contributed by atoms with E-state index >= 15 is 0 Å². The SMILES string of the molecule is CC(C)=C=C(C(=O)N(c1ccccc1)c1ccccc1)S(=O)(=O)c1ccccc1. The van der Waals surface area contributed by atoms with Crippen molar-refractivity contribution in [1.29, 1.82) is 0 Å². The number of amides is 1. The lowest BCUT2D eigenvalue weighted by atomic mass is 10.2. The van der Waals surface area contributed by atoms with Gasteiger partial charge in [0.2, 0.25) is 9.84 Å². The van der Waals surface area contributed by atoms with Gasteiger partial charge in [0.25, 0.3) is 5.91 Å². The Morgan fingerprint density at radius 2 is 1.14 bits per heavy atom. The van der Waals surface area contributed by atoms with E-state index in [4.69, 9.17) is 0 Å². The van der Waals surface area contributed by atoms with Crippen LogP contribution in [0.1, 0.15) is 13.8 Å². The zero-order chi connectivity index (χ0) is 20.9. The molecule has 4 nitrogen and oxygen atoms in total. The Bertz CT molecular complexity index is 1120. The van der Waals surface area contributed by atoms with Crippen molar-refractivity contribution in [1.82, 2.24) is 0 Å². The molecule has 0 radical (unpaired) electrons. The second-order valence-electron chi connectivity index (χ2n) is 6.58. The highest BCUT2D eigenvalue weighted by atomic mass is 32.2. The van der Waals surface area contributed by atoms with Crippen molar-refractivity contribution < 1.29 is 13.2 Å². The molecule has 146 valence electrons. The van der Waals surface area contributed by atoms with Gasteiger partial charge >= 0.3 is 0 Å². The summed E-state index contributed by atoms with van der Waals surface area (Å²) in [6.45, 7) is 3.42. The Kier molecular flexibility index (Phi) is 6.13. The van der Waals surface area contributed by atoms with Crippen LogP contribution in [-0.2, 0) is 14.6 Å². The maximum atomic E-state index is 13.6. The molecule has 0 fully saturated rings. The largest absolute Gasteiger partial charge is 0.282 e. The van der Waals surface area contributed by atoms with Crippen molar-refractivity contribution in [2.75, 3.05) is 4.90 Å². The summed E-state index contributed by atoms with van der Waals surface area (Å²) in [5, 5.41) is 0. The van der Waals surface area contributed by atoms with Crippen LogP contribution in [0.3, 0.4) is 0 Å². The fourth-order valence-corrected chi connectivity index (χ4v) is 4.23. The van der Waals surface area contributed by atoms with Gasteiger partial charge in [-0.1, -0.05) is 60.3 Å². The average molecular weight is 404 g/mol. The van der Waals surface area contributed by atoms with E-state index in [1.807, 2.05) is 12.1 Å². The molecule has 0 aliphatic carbocycles. The Morgan fingerprint density at radius 1 is 0.724 bits per heavy atom. The Balaban J connectivity index is 2.22. The normalized spacial score (nSPS) is 10.7. The molecule has 0 bridgehead atoms. The highest BCUT2D eigenvalue weighted by molar-refractivity contribution is 7.96. The van der Waals surface area contributed by atoms with Crippen LogP contribution < -0.4 is 4.90 Å². The molecule has 0 saturated heterocycles. The number of anilines is 2. The summed E-state index contributed by atoms with van der Waals surface area (Å²) in [6, 6.07) is 25.9. The van der Waals surface area contributed by atoms with Crippen LogP contribution in [0.15, 0.2) is 112 Å². The number of benzene rings is 3. The van der Waals surface area contributed by atoms with Crippen LogP contribution in [0.25, 0.3) is 0 Å². The molecule has 3 rings (SSSR count). The van der Waals surface area contributed by atoms with Crippen molar-refractivity contribution in [3.63, 3.8) is 0 Å². The van der Waals surface area contributed by atoms with Gasteiger partial charge in [0, 0.05) is 11.4 Å². The van der Waals surface area contributed by atoms with Gasteiger partial charge in [-0.2, -0.15) is 0 Å². The number of hydrogen-bond acceptors (Lipinski definition) is 3. The van der Waals surface area contributed by atoms with Gasteiger partial charge in [-0.15, -0.1) is 0 Å². The number of nitrogens with zero attached hydrogens (tertiary/aromatic N) is 1. The highest BCUT2D eigenvalue weighted by Crippen LogP contribution is 2.30. The predicted molar refractivity (Wildman–Crippen MR) is 116 cm³/mol. The fraction of sp³-hybridized carbons (Fsp3) is 0.0833. The smallest absolute Gasteiger partial charge is 0.276 e. The molecule has 0 saturated carbocycles. The third-order valence-corrected chi connectivity index (χ3v) is 5.82. The van der Waals surface area contributed by atoms with E-state index in [0.717, 1.165) is 0 Å². The molecule has 0 unspecified atom stereocenters. The molecule has 0 atom stereocenters. The van der Waals surface area contributed by atoms with Crippen molar-refractivity contribution in [2.24, 2.45) is 0 Å². The average Bonchev–Trinajstić information content (AvgIpc) is 2.74. The minimum atomic E-state index is -4.06. The number of para-hydroxylation sites is 2. The van der Waals surface area contributed by atoms with Gasteiger partial charge in [-0.05, 0) is 55.8 Å². The standard InChI is InChI=1S/C24H21NO3S/c1-19(2)18-23(29(27,28)22-16-10-5-11-17-22)24(26)25(20-12-6-3-7-13-20)21-14-8-4-9-15-21/h3-17H,1-2H3. The minimum Gasteiger partial charge on any atom is -0.276 e. The molecule has 29 heavy (non-hydrogen) atoms. The van der Waals surface area contributed by atoms with E-state index in [0.29, 0.717) is 16.9 Å². The molecule has 0 heterocycles. The van der Waals surface area contributed by atoms with E-state index in [2.05, 4.69) is 5.73 Å². The van der Waals surface area contributed by atoms with E-state index in [1.165, 1.54) is 17.0 Å². The minimum absolute atomic E-state index is 0.0539. The molecule has 0 aliphatic heterocycles. The van der Waals surface area contributed by atoms with Gasteiger partial charge in [0.1, 0.15) is 0 Å². The topological polar surface area (TPSA) is 54.5 Å². The van der Waals surface area contributed by atoms with Gasteiger partial charge < -0.3 is 0 Å². The first-order valence-corrected chi connectivity index (χ1v) is 10.6. The first kappa shape index (κ1) is 20.3. The summed E-state index contributed by atoms with van der Waals surface area (Å²) in [5.41, 5.74) is 4.52. The quantitative estimate of drug-likeness (QED) is 0.430. The van der Waals surface area contributed by atoms with Crippen LogP contribution in [0, 0.1) is 0 Å². The van der Waals surface area contributed by atoms with Crippen molar-refractivity contribution in [3.8, 4) is 0 Å². The van der Waals surface area contributed by atoms with Crippen molar-refractivity contribution >= 4 is 27.1 Å². The maximum absolute atomic E-state index is 13.6. The summed E-state index contributed by atoms with van der Waals surface area (Å²) in [7, 11) is -4.06. The Labute approximate surface area is 171 Å². The van der Waals surface area contributed by atoms with Gasteiger partial charge in [-0.25, -0.2) is 8.42 Å². The predicted octanol–water partition coefficient (Wildman–Crippen LogP) is 5.27. The third kappa shape index (κ3) is 4.54. The zero-order valence-electron chi connectivity index (χ0n) is 16.2. The second kappa shape index (κ2) is 8.74. The molecule has 3 aromatic carbocycles. The van der Waals surface area contributed by atoms with Gasteiger partial charge in [0.05, 0.1) is 4.90 Å². The van der Waals surface area contributed by atoms with Crippen LogP contribution in [-0.4, -0.2) is 14.3 Å². The Hall–Kier alpha value is -3.40. The van der Waals surface area contributed by atoms with E-state index in [1.54, 1.807) is 80.6 Å². The summed E-state index contributed by atoms with van der Waals surface area (Å²) >= 11 is 0. The molecule has 0 aromatic heterocycles. The summed E-state index contributed by atoms with van der Waals surface area (Å²) < 4.78 is 26.6. The zero-order valence-corrected chi connectivity index (χ0v) is 17.1. The number of rotatable bonds is 5. The molecule has 0 aliphatic rings. The van der Waals surface area contributed by atoms with E-state index < -0.39 is 20.6 Å². The number of hydrogen-bond donors (Lipinski definition) is 0. The van der Waals surface area contributed by atoms with Crippen molar-refractivity contribution in [3.05, 3.63) is 107 Å². The van der Waals surface area contributed by atoms with Gasteiger partial charge in [0.15, 0.2) is 4.91 Å². The lowest BCUT2D eigenvalue weighted by Gasteiger charge is -2.23.